The Hall–Kier alpha value is -1.87. The van der Waals surface area contributed by atoms with Crippen LogP contribution in [0.5, 0.6) is 0 Å². The van der Waals surface area contributed by atoms with Gasteiger partial charge in [0.05, 0.1) is 18.4 Å². The second-order valence-corrected chi connectivity index (χ2v) is 9.44. The summed E-state index contributed by atoms with van der Waals surface area (Å²) in [6, 6.07) is 0. The number of nitrogens with one attached hydrogen (secondary N) is 1. The molecule has 2 aromatic heterocycles. The van der Waals surface area contributed by atoms with Crippen molar-refractivity contribution in [1.29, 1.82) is 0 Å². The van der Waals surface area contributed by atoms with Gasteiger partial charge in [-0.2, -0.15) is 0 Å². The van der Waals surface area contributed by atoms with Gasteiger partial charge in [-0.1, -0.05) is 32.5 Å². The summed E-state index contributed by atoms with van der Waals surface area (Å²) in [6.07, 6.45) is 4.96. The van der Waals surface area contributed by atoms with E-state index in [-0.39, 0.29) is 23.5 Å². The molecule has 0 radical (unpaired) electrons. The van der Waals surface area contributed by atoms with Gasteiger partial charge >= 0.3 is 5.97 Å². The zero-order valence-electron chi connectivity index (χ0n) is 17.4. The summed E-state index contributed by atoms with van der Waals surface area (Å²) in [5, 5.41) is 12.9. The first-order valence-electron chi connectivity index (χ1n) is 10.0. The number of thiophene rings is 1. The number of carbonyl (C=O) groups excluding carboxylic acids is 2. The number of hydrogen-bond acceptors (Lipinski definition) is 7. The number of rotatable bonds is 8. The third-order valence-electron chi connectivity index (χ3n) is 4.86. The Morgan fingerprint density at radius 2 is 2.03 bits per heavy atom. The van der Waals surface area contributed by atoms with Crippen LogP contribution in [-0.4, -0.2) is 39.5 Å². The molecule has 0 saturated heterocycles. The highest BCUT2D eigenvalue weighted by atomic mass is 32.2. The van der Waals surface area contributed by atoms with Crippen LogP contribution in [0, 0.1) is 0 Å². The SMILES string of the molecule is CCCn1c(SCC(=O)Nc2sc3c(c2C(=O)OC)CCCC3)nnc1C(C)C. The molecule has 0 aromatic carbocycles. The van der Waals surface area contributed by atoms with Crippen LogP contribution < -0.4 is 5.32 Å². The molecule has 2 heterocycles. The fourth-order valence-electron chi connectivity index (χ4n) is 3.53. The molecule has 0 unspecified atom stereocenters. The maximum Gasteiger partial charge on any atom is 0.341 e. The molecule has 0 spiro atoms. The predicted octanol–water partition coefficient (Wildman–Crippen LogP) is 4.27. The van der Waals surface area contributed by atoms with Gasteiger partial charge in [0.1, 0.15) is 10.8 Å². The van der Waals surface area contributed by atoms with Gasteiger partial charge in [-0.3, -0.25) is 4.79 Å². The fourth-order valence-corrected chi connectivity index (χ4v) is 5.60. The van der Waals surface area contributed by atoms with Crippen molar-refractivity contribution in [3.8, 4) is 0 Å². The van der Waals surface area contributed by atoms with Crippen LogP contribution in [0.3, 0.4) is 0 Å². The molecular formula is C20H28N4O3S2. The van der Waals surface area contributed by atoms with Crippen molar-refractivity contribution >= 4 is 40.0 Å². The quantitative estimate of drug-likeness (QED) is 0.491. The minimum absolute atomic E-state index is 0.157. The van der Waals surface area contributed by atoms with Gasteiger partial charge in [-0.25, -0.2) is 4.79 Å². The van der Waals surface area contributed by atoms with Gasteiger partial charge in [0.2, 0.25) is 5.91 Å². The van der Waals surface area contributed by atoms with Crippen molar-refractivity contribution < 1.29 is 14.3 Å². The number of anilines is 1. The van der Waals surface area contributed by atoms with Crippen molar-refractivity contribution in [1.82, 2.24) is 14.8 Å². The predicted molar refractivity (Wildman–Crippen MR) is 116 cm³/mol. The molecule has 9 heteroatoms. The number of aromatic nitrogens is 3. The first-order valence-corrected chi connectivity index (χ1v) is 11.8. The smallest absolute Gasteiger partial charge is 0.341 e. The van der Waals surface area contributed by atoms with Gasteiger partial charge in [-0.15, -0.1) is 21.5 Å². The maximum absolute atomic E-state index is 12.6. The Kier molecular flexibility index (Phi) is 7.34. The molecule has 0 atom stereocenters. The lowest BCUT2D eigenvalue weighted by Crippen LogP contribution is -2.17. The van der Waals surface area contributed by atoms with Crippen molar-refractivity contribution in [3.05, 3.63) is 21.8 Å². The van der Waals surface area contributed by atoms with E-state index in [4.69, 9.17) is 4.74 Å². The van der Waals surface area contributed by atoms with E-state index in [1.165, 1.54) is 35.1 Å². The topological polar surface area (TPSA) is 86.1 Å². The number of esters is 1. The van der Waals surface area contributed by atoms with Crippen molar-refractivity contribution in [3.63, 3.8) is 0 Å². The van der Waals surface area contributed by atoms with Crippen LogP contribution in [-0.2, 0) is 28.9 Å². The van der Waals surface area contributed by atoms with Crippen LogP contribution in [0.4, 0.5) is 5.00 Å². The number of methoxy groups -OCH3 is 1. The van der Waals surface area contributed by atoms with E-state index >= 15 is 0 Å². The highest BCUT2D eigenvalue weighted by Crippen LogP contribution is 2.38. The third kappa shape index (κ3) is 4.83. The number of fused-ring (bicyclic) bond motifs is 1. The number of nitrogens with zero attached hydrogens (tertiary/aromatic N) is 3. The number of aryl methyl sites for hydroxylation is 1. The first kappa shape index (κ1) is 21.8. The number of amides is 1. The van der Waals surface area contributed by atoms with E-state index in [2.05, 4.69) is 40.9 Å². The minimum atomic E-state index is -0.378. The zero-order chi connectivity index (χ0) is 21.0. The van der Waals surface area contributed by atoms with Crippen LogP contribution in [0.2, 0.25) is 0 Å². The molecule has 1 amide bonds. The van der Waals surface area contributed by atoms with E-state index in [9.17, 15) is 9.59 Å². The van der Waals surface area contributed by atoms with Gasteiger partial charge in [0, 0.05) is 17.3 Å². The lowest BCUT2D eigenvalue weighted by molar-refractivity contribution is -0.113. The van der Waals surface area contributed by atoms with E-state index < -0.39 is 0 Å². The molecule has 7 nitrogen and oxygen atoms in total. The third-order valence-corrected chi connectivity index (χ3v) is 7.03. The molecule has 0 bridgehead atoms. The average molecular weight is 437 g/mol. The summed E-state index contributed by atoms with van der Waals surface area (Å²) in [5.41, 5.74) is 1.57. The molecular weight excluding hydrogens is 408 g/mol. The van der Waals surface area contributed by atoms with Crippen LogP contribution in [0.15, 0.2) is 5.16 Å². The molecule has 0 fully saturated rings. The summed E-state index contributed by atoms with van der Waals surface area (Å²) in [5.74, 6) is 0.891. The minimum Gasteiger partial charge on any atom is -0.465 e. The lowest BCUT2D eigenvalue weighted by Gasteiger charge is -2.12. The monoisotopic (exact) mass is 436 g/mol. The summed E-state index contributed by atoms with van der Waals surface area (Å²) < 4.78 is 7.06. The number of thioether (sulfide) groups is 1. The Balaban J connectivity index is 1.72. The zero-order valence-corrected chi connectivity index (χ0v) is 19.0. The second kappa shape index (κ2) is 9.75. The Morgan fingerprint density at radius 3 is 2.72 bits per heavy atom. The number of hydrogen-bond donors (Lipinski definition) is 1. The lowest BCUT2D eigenvalue weighted by atomic mass is 9.95. The molecule has 1 aliphatic rings. The van der Waals surface area contributed by atoms with Crippen LogP contribution >= 0.6 is 23.1 Å². The van der Waals surface area contributed by atoms with E-state index in [0.717, 1.165) is 55.2 Å². The molecule has 0 aliphatic heterocycles. The molecule has 1 aliphatic carbocycles. The normalized spacial score (nSPS) is 13.4. The molecule has 0 saturated carbocycles. The average Bonchev–Trinajstić information content (AvgIpc) is 3.27. The molecule has 29 heavy (non-hydrogen) atoms. The molecule has 1 N–H and O–H groups in total. The van der Waals surface area contributed by atoms with Crippen molar-refractivity contribution in [2.75, 3.05) is 18.2 Å². The van der Waals surface area contributed by atoms with Gasteiger partial charge in [-0.05, 0) is 37.7 Å². The van der Waals surface area contributed by atoms with Crippen molar-refractivity contribution in [2.24, 2.45) is 0 Å². The van der Waals surface area contributed by atoms with Gasteiger partial charge in [0.25, 0.3) is 0 Å². The molecule has 2 aromatic rings. The molecule has 3 rings (SSSR count). The van der Waals surface area contributed by atoms with E-state index in [1.807, 2.05) is 0 Å². The highest BCUT2D eigenvalue weighted by molar-refractivity contribution is 7.99. The maximum atomic E-state index is 12.6. The summed E-state index contributed by atoms with van der Waals surface area (Å²) in [7, 11) is 1.38. The van der Waals surface area contributed by atoms with E-state index in [1.54, 1.807) is 0 Å². The standard InChI is InChI=1S/C20H28N4O3S2/c1-5-10-24-17(12(2)3)22-23-20(24)28-11-15(25)21-18-16(19(26)27-4)13-8-6-7-9-14(13)29-18/h12H,5-11H2,1-4H3,(H,21,25). The Bertz CT molecular complexity index is 889. The second-order valence-electron chi connectivity index (χ2n) is 7.39. The number of carbonyl (C=O) groups is 2. The fraction of sp³-hybridized carbons (Fsp3) is 0.600. The summed E-state index contributed by atoms with van der Waals surface area (Å²) in [6.45, 7) is 7.11. The Morgan fingerprint density at radius 1 is 1.28 bits per heavy atom. The Labute approximate surface area is 179 Å². The van der Waals surface area contributed by atoms with E-state index in [0.29, 0.717) is 10.6 Å². The van der Waals surface area contributed by atoms with Crippen LogP contribution in [0.1, 0.15) is 72.6 Å². The number of ether oxygens (including phenoxy) is 1. The van der Waals surface area contributed by atoms with Gasteiger partial charge < -0.3 is 14.6 Å². The molecule has 158 valence electrons. The first-order chi connectivity index (χ1) is 14.0. The summed E-state index contributed by atoms with van der Waals surface area (Å²) in [4.78, 5) is 26.1. The largest absolute Gasteiger partial charge is 0.465 e. The van der Waals surface area contributed by atoms with Crippen LogP contribution in [0.25, 0.3) is 0 Å². The summed E-state index contributed by atoms with van der Waals surface area (Å²) >= 11 is 2.87. The highest BCUT2D eigenvalue weighted by Gasteiger charge is 2.27. The van der Waals surface area contributed by atoms with Crippen molar-refractivity contribution in [2.45, 2.75) is 70.5 Å². The van der Waals surface area contributed by atoms with Gasteiger partial charge in [0.15, 0.2) is 5.16 Å².